The Morgan fingerprint density at radius 3 is 2.67 bits per heavy atom. The van der Waals surface area contributed by atoms with E-state index in [0.717, 1.165) is 12.8 Å². The number of methoxy groups -OCH3 is 2. The molecule has 1 amide bonds. The number of amides is 1. The van der Waals surface area contributed by atoms with Gasteiger partial charge in [0.2, 0.25) is 0 Å². The number of benzene rings is 1. The summed E-state index contributed by atoms with van der Waals surface area (Å²) in [7, 11) is 3.14. The van der Waals surface area contributed by atoms with Crippen LogP contribution < -0.4 is 4.74 Å². The number of hydrogen-bond donors (Lipinski definition) is 1. The van der Waals surface area contributed by atoms with E-state index in [9.17, 15) is 9.90 Å². The molecule has 1 unspecified atom stereocenters. The van der Waals surface area contributed by atoms with E-state index in [1.807, 2.05) is 0 Å². The normalized spacial score (nSPS) is 15.6. The van der Waals surface area contributed by atoms with Gasteiger partial charge in [0, 0.05) is 25.8 Å². The SMILES string of the molecule is COCCN(C(=O)c1ccc(OC)cc1O)C(C)C1CC1. The van der Waals surface area contributed by atoms with Crippen molar-refractivity contribution >= 4 is 5.91 Å². The molecule has 1 aliphatic rings. The maximum atomic E-state index is 12.7. The Kier molecular flexibility index (Phi) is 5.07. The lowest BCUT2D eigenvalue weighted by Crippen LogP contribution is -2.42. The lowest BCUT2D eigenvalue weighted by molar-refractivity contribution is 0.0591. The predicted molar refractivity (Wildman–Crippen MR) is 79.8 cm³/mol. The van der Waals surface area contributed by atoms with E-state index in [0.29, 0.717) is 30.4 Å². The highest BCUT2D eigenvalue weighted by atomic mass is 16.5. The molecular formula is C16H23NO4. The summed E-state index contributed by atoms with van der Waals surface area (Å²) in [5, 5.41) is 10.0. The summed E-state index contributed by atoms with van der Waals surface area (Å²) in [5.74, 6) is 0.880. The average molecular weight is 293 g/mol. The zero-order valence-corrected chi connectivity index (χ0v) is 12.8. The molecule has 0 saturated heterocycles. The molecule has 21 heavy (non-hydrogen) atoms. The quantitative estimate of drug-likeness (QED) is 0.838. The molecule has 0 aliphatic heterocycles. The van der Waals surface area contributed by atoms with Gasteiger partial charge in [0.05, 0.1) is 19.3 Å². The fraction of sp³-hybridized carbons (Fsp3) is 0.562. The zero-order chi connectivity index (χ0) is 15.4. The summed E-state index contributed by atoms with van der Waals surface area (Å²) in [5.41, 5.74) is 0.305. The lowest BCUT2D eigenvalue weighted by atomic mass is 10.1. The van der Waals surface area contributed by atoms with Crippen LogP contribution in [0.25, 0.3) is 0 Å². The van der Waals surface area contributed by atoms with E-state index in [4.69, 9.17) is 9.47 Å². The fourth-order valence-electron chi connectivity index (χ4n) is 2.49. The number of phenols is 1. The van der Waals surface area contributed by atoms with E-state index >= 15 is 0 Å². The number of aromatic hydroxyl groups is 1. The van der Waals surface area contributed by atoms with Crippen LogP contribution in [-0.2, 0) is 4.74 Å². The fourth-order valence-corrected chi connectivity index (χ4v) is 2.49. The number of carbonyl (C=O) groups excluding carboxylic acids is 1. The van der Waals surface area contributed by atoms with Gasteiger partial charge in [-0.3, -0.25) is 4.79 Å². The number of phenolic OH excluding ortho intramolecular Hbond substituents is 1. The van der Waals surface area contributed by atoms with Gasteiger partial charge < -0.3 is 19.5 Å². The van der Waals surface area contributed by atoms with Crippen LogP contribution >= 0.6 is 0 Å². The molecule has 1 N–H and O–H groups in total. The molecule has 2 rings (SSSR count). The molecule has 5 nitrogen and oxygen atoms in total. The van der Waals surface area contributed by atoms with Gasteiger partial charge >= 0.3 is 0 Å². The van der Waals surface area contributed by atoms with Gasteiger partial charge in [-0.1, -0.05) is 0 Å². The van der Waals surface area contributed by atoms with Crippen LogP contribution in [0, 0.1) is 5.92 Å². The topological polar surface area (TPSA) is 59.0 Å². The Morgan fingerprint density at radius 1 is 1.43 bits per heavy atom. The predicted octanol–water partition coefficient (Wildman–Crippen LogP) is 2.29. The van der Waals surface area contributed by atoms with Crippen molar-refractivity contribution in [1.29, 1.82) is 0 Å². The van der Waals surface area contributed by atoms with Crippen LogP contribution in [0.2, 0.25) is 0 Å². The van der Waals surface area contributed by atoms with Crippen molar-refractivity contribution < 1.29 is 19.4 Å². The first-order valence-corrected chi connectivity index (χ1v) is 7.25. The molecule has 1 aliphatic carbocycles. The van der Waals surface area contributed by atoms with E-state index in [1.54, 1.807) is 24.1 Å². The van der Waals surface area contributed by atoms with Crippen molar-refractivity contribution in [2.45, 2.75) is 25.8 Å². The van der Waals surface area contributed by atoms with Crippen LogP contribution in [0.1, 0.15) is 30.1 Å². The minimum absolute atomic E-state index is 0.0511. The summed E-state index contributed by atoms with van der Waals surface area (Å²) >= 11 is 0. The van der Waals surface area contributed by atoms with Crippen molar-refractivity contribution in [3.8, 4) is 11.5 Å². The molecule has 1 aromatic carbocycles. The molecule has 1 aromatic rings. The summed E-state index contributed by atoms with van der Waals surface area (Å²) < 4.78 is 10.1. The van der Waals surface area contributed by atoms with Gasteiger partial charge in [0.15, 0.2) is 0 Å². The minimum Gasteiger partial charge on any atom is -0.507 e. The Labute approximate surface area is 125 Å². The Hall–Kier alpha value is -1.75. The Balaban J connectivity index is 2.20. The van der Waals surface area contributed by atoms with E-state index in [2.05, 4.69) is 6.92 Å². The molecule has 5 heteroatoms. The van der Waals surface area contributed by atoms with Crippen LogP contribution in [0.15, 0.2) is 18.2 Å². The van der Waals surface area contributed by atoms with Gasteiger partial charge in [-0.15, -0.1) is 0 Å². The number of ether oxygens (including phenoxy) is 2. The first-order chi connectivity index (χ1) is 10.1. The standard InChI is InChI=1S/C16H23NO4/c1-11(12-4-5-12)17(8-9-20-2)16(19)14-7-6-13(21-3)10-15(14)18/h6-7,10-12,18H,4-5,8-9H2,1-3H3. The van der Waals surface area contributed by atoms with E-state index in [-0.39, 0.29) is 17.7 Å². The Morgan fingerprint density at radius 2 is 2.14 bits per heavy atom. The molecule has 1 fully saturated rings. The zero-order valence-electron chi connectivity index (χ0n) is 12.8. The Bertz CT molecular complexity index is 499. The highest BCUT2D eigenvalue weighted by molar-refractivity contribution is 5.97. The number of hydrogen-bond acceptors (Lipinski definition) is 4. The smallest absolute Gasteiger partial charge is 0.257 e. The van der Waals surface area contributed by atoms with Crippen LogP contribution in [0.5, 0.6) is 11.5 Å². The third-order valence-electron chi connectivity index (χ3n) is 4.03. The first kappa shape index (κ1) is 15.6. The lowest BCUT2D eigenvalue weighted by Gasteiger charge is -2.29. The second-order valence-electron chi connectivity index (χ2n) is 5.45. The first-order valence-electron chi connectivity index (χ1n) is 7.25. The van der Waals surface area contributed by atoms with Crippen LogP contribution in [-0.4, -0.2) is 49.3 Å². The second-order valence-corrected chi connectivity index (χ2v) is 5.45. The third-order valence-corrected chi connectivity index (χ3v) is 4.03. The van der Waals surface area contributed by atoms with Gasteiger partial charge in [-0.05, 0) is 37.8 Å². The summed E-state index contributed by atoms with van der Waals surface area (Å²) in [6, 6.07) is 4.91. The van der Waals surface area contributed by atoms with Gasteiger partial charge in [-0.25, -0.2) is 0 Å². The van der Waals surface area contributed by atoms with Crippen molar-refractivity contribution in [2.24, 2.45) is 5.92 Å². The van der Waals surface area contributed by atoms with Gasteiger partial charge in [0.1, 0.15) is 11.5 Å². The molecular weight excluding hydrogens is 270 g/mol. The largest absolute Gasteiger partial charge is 0.507 e. The molecule has 0 spiro atoms. The highest BCUT2D eigenvalue weighted by Crippen LogP contribution is 2.36. The van der Waals surface area contributed by atoms with Gasteiger partial charge in [0.25, 0.3) is 5.91 Å². The summed E-state index contributed by atoms with van der Waals surface area (Å²) in [6.45, 7) is 3.07. The molecule has 0 radical (unpaired) electrons. The van der Waals surface area contributed by atoms with E-state index < -0.39 is 0 Å². The number of carbonyl (C=O) groups is 1. The van der Waals surface area contributed by atoms with Crippen molar-refractivity contribution in [2.75, 3.05) is 27.4 Å². The van der Waals surface area contributed by atoms with E-state index in [1.165, 1.54) is 13.2 Å². The molecule has 0 bridgehead atoms. The van der Waals surface area contributed by atoms with Crippen LogP contribution in [0.4, 0.5) is 0 Å². The summed E-state index contributed by atoms with van der Waals surface area (Å²) in [6.07, 6.45) is 2.32. The second kappa shape index (κ2) is 6.80. The average Bonchev–Trinajstić information content (AvgIpc) is 3.31. The number of rotatable bonds is 7. The maximum absolute atomic E-state index is 12.7. The molecule has 0 heterocycles. The van der Waals surface area contributed by atoms with Crippen molar-refractivity contribution in [1.82, 2.24) is 4.90 Å². The highest BCUT2D eigenvalue weighted by Gasteiger charge is 2.35. The minimum atomic E-state index is -0.161. The van der Waals surface area contributed by atoms with Crippen molar-refractivity contribution in [3.63, 3.8) is 0 Å². The van der Waals surface area contributed by atoms with Gasteiger partial charge in [-0.2, -0.15) is 0 Å². The third kappa shape index (κ3) is 3.67. The molecule has 1 atom stereocenters. The maximum Gasteiger partial charge on any atom is 0.257 e. The molecule has 1 saturated carbocycles. The van der Waals surface area contributed by atoms with Crippen molar-refractivity contribution in [3.05, 3.63) is 23.8 Å². The number of nitrogens with zero attached hydrogens (tertiary/aromatic N) is 1. The molecule has 0 aromatic heterocycles. The van der Waals surface area contributed by atoms with Crippen LogP contribution in [0.3, 0.4) is 0 Å². The monoisotopic (exact) mass is 293 g/mol. The summed E-state index contributed by atoms with van der Waals surface area (Å²) in [4.78, 5) is 14.5. The molecule has 116 valence electrons.